The van der Waals surface area contributed by atoms with Crippen LogP contribution in [0, 0.1) is 0 Å². The van der Waals surface area contributed by atoms with E-state index < -0.39 is 0 Å². The lowest BCUT2D eigenvalue weighted by Crippen LogP contribution is -2.16. The molecule has 0 bridgehead atoms. The fraction of sp³-hybridized carbons (Fsp3) is 0.280. The lowest BCUT2D eigenvalue weighted by atomic mass is 10.1. The standard InChI is InChI=1S/C25H29NO3/c1-27-23-11-8-21(9-12-23)14-16-26-19-22-10-13-24(25(18-22)28-2)29-17-15-20-6-4-3-5-7-20/h3-13,18,26H,14-17,19H2,1-2H3. The van der Waals surface area contributed by atoms with Crippen LogP contribution in [-0.4, -0.2) is 27.4 Å². The van der Waals surface area contributed by atoms with E-state index in [1.807, 2.05) is 42.5 Å². The molecular weight excluding hydrogens is 362 g/mol. The Hall–Kier alpha value is -2.98. The van der Waals surface area contributed by atoms with E-state index in [-0.39, 0.29) is 0 Å². The molecule has 152 valence electrons. The highest BCUT2D eigenvalue weighted by Gasteiger charge is 2.06. The zero-order valence-corrected chi connectivity index (χ0v) is 17.2. The van der Waals surface area contributed by atoms with Crippen LogP contribution in [0.25, 0.3) is 0 Å². The van der Waals surface area contributed by atoms with Crippen LogP contribution in [0.15, 0.2) is 72.8 Å². The molecule has 3 rings (SSSR count). The predicted molar refractivity (Wildman–Crippen MR) is 117 cm³/mol. The predicted octanol–water partition coefficient (Wildman–Crippen LogP) is 4.66. The van der Waals surface area contributed by atoms with Crippen molar-refractivity contribution in [3.05, 3.63) is 89.5 Å². The van der Waals surface area contributed by atoms with Gasteiger partial charge in [-0.1, -0.05) is 48.5 Å². The summed E-state index contributed by atoms with van der Waals surface area (Å²) in [4.78, 5) is 0. The van der Waals surface area contributed by atoms with Gasteiger partial charge in [0.1, 0.15) is 5.75 Å². The maximum absolute atomic E-state index is 5.93. The maximum atomic E-state index is 5.93. The molecule has 3 aromatic rings. The van der Waals surface area contributed by atoms with Crippen LogP contribution in [0.2, 0.25) is 0 Å². The number of ether oxygens (including phenoxy) is 3. The summed E-state index contributed by atoms with van der Waals surface area (Å²) in [5, 5.41) is 3.49. The molecule has 0 unspecified atom stereocenters. The van der Waals surface area contributed by atoms with Crippen LogP contribution in [-0.2, 0) is 19.4 Å². The third-order valence-corrected chi connectivity index (χ3v) is 4.80. The van der Waals surface area contributed by atoms with Gasteiger partial charge in [0.05, 0.1) is 20.8 Å². The molecule has 0 spiro atoms. The Balaban J connectivity index is 1.45. The molecule has 0 aromatic heterocycles. The molecule has 1 N–H and O–H groups in total. The molecule has 0 saturated heterocycles. The molecule has 29 heavy (non-hydrogen) atoms. The summed E-state index contributed by atoms with van der Waals surface area (Å²) in [6.07, 6.45) is 1.85. The minimum absolute atomic E-state index is 0.625. The lowest BCUT2D eigenvalue weighted by Gasteiger charge is -2.13. The van der Waals surface area contributed by atoms with Crippen molar-refractivity contribution in [1.82, 2.24) is 5.32 Å². The average Bonchev–Trinajstić information content (AvgIpc) is 2.78. The topological polar surface area (TPSA) is 39.7 Å². The normalized spacial score (nSPS) is 10.6. The fourth-order valence-electron chi connectivity index (χ4n) is 3.12. The molecule has 0 aliphatic rings. The van der Waals surface area contributed by atoms with Crippen molar-refractivity contribution in [3.63, 3.8) is 0 Å². The molecule has 0 amide bonds. The van der Waals surface area contributed by atoms with Crippen molar-refractivity contribution < 1.29 is 14.2 Å². The second-order valence-corrected chi connectivity index (χ2v) is 6.84. The summed E-state index contributed by atoms with van der Waals surface area (Å²) in [5.74, 6) is 2.44. The zero-order chi connectivity index (χ0) is 20.3. The molecule has 0 radical (unpaired) electrons. The van der Waals surface area contributed by atoms with Gasteiger partial charge in [-0.05, 0) is 53.9 Å². The van der Waals surface area contributed by atoms with Crippen LogP contribution in [0.4, 0.5) is 0 Å². The third kappa shape index (κ3) is 6.54. The molecular formula is C25H29NO3. The highest BCUT2D eigenvalue weighted by Crippen LogP contribution is 2.28. The number of nitrogens with one attached hydrogen (secondary N) is 1. The summed E-state index contributed by atoms with van der Waals surface area (Å²) in [6, 6.07) is 24.7. The summed E-state index contributed by atoms with van der Waals surface area (Å²) in [5.41, 5.74) is 3.73. The van der Waals surface area contributed by atoms with Gasteiger partial charge in [0.25, 0.3) is 0 Å². The summed E-state index contributed by atoms with van der Waals surface area (Å²) in [7, 11) is 3.37. The van der Waals surface area contributed by atoms with E-state index >= 15 is 0 Å². The number of benzene rings is 3. The third-order valence-electron chi connectivity index (χ3n) is 4.80. The van der Waals surface area contributed by atoms with E-state index in [0.29, 0.717) is 6.61 Å². The van der Waals surface area contributed by atoms with Gasteiger partial charge in [-0.25, -0.2) is 0 Å². The Labute approximate surface area is 173 Å². The van der Waals surface area contributed by atoms with Crippen LogP contribution in [0.1, 0.15) is 16.7 Å². The second kappa shape index (κ2) is 11.1. The van der Waals surface area contributed by atoms with Crippen molar-refractivity contribution in [2.45, 2.75) is 19.4 Å². The minimum atomic E-state index is 0.625. The molecule has 3 aromatic carbocycles. The van der Waals surface area contributed by atoms with E-state index in [1.165, 1.54) is 16.7 Å². The van der Waals surface area contributed by atoms with Gasteiger partial charge in [0, 0.05) is 13.0 Å². The van der Waals surface area contributed by atoms with E-state index in [2.05, 4.69) is 35.6 Å². The second-order valence-electron chi connectivity index (χ2n) is 6.84. The monoisotopic (exact) mass is 391 g/mol. The number of hydrogen-bond acceptors (Lipinski definition) is 4. The summed E-state index contributed by atoms with van der Waals surface area (Å²) in [6.45, 7) is 2.32. The van der Waals surface area contributed by atoms with Crippen LogP contribution >= 0.6 is 0 Å². The van der Waals surface area contributed by atoms with Crippen LogP contribution < -0.4 is 19.5 Å². The quantitative estimate of drug-likeness (QED) is 0.483. The van der Waals surface area contributed by atoms with Gasteiger partial charge in [-0.3, -0.25) is 0 Å². The fourth-order valence-corrected chi connectivity index (χ4v) is 3.12. The SMILES string of the molecule is COc1ccc(CCNCc2ccc(OCCc3ccccc3)c(OC)c2)cc1. The first-order chi connectivity index (χ1) is 14.3. The molecule has 4 nitrogen and oxygen atoms in total. The first-order valence-electron chi connectivity index (χ1n) is 9.96. The smallest absolute Gasteiger partial charge is 0.161 e. The molecule has 0 aliphatic carbocycles. The minimum Gasteiger partial charge on any atom is -0.497 e. The Morgan fingerprint density at radius 3 is 2.14 bits per heavy atom. The Kier molecular flexibility index (Phi) is 7.96. The largest absolute Gasteiger partial charge is 0.497 e. The molecule has 0 atom stereocenters. The van der Waals surface area contributed by atoms with Crippen molar-refractivity contribution in [1.29, 1.82) is 0 Å². The average molecular weight is 392 g/mol. The number of rotatable bonds is 11. The van der Waals surface area contributed by atoms with Gasteiger partial charge in [-0.15, -0.1) is 0 Å². The maximum Gasteiger partial charge on any atom is 0.161 e. The van der Waals surface area contributed by atoms with Gasteiger partial charge in [0.15, 0.2) is 11.5 Å². The highest BCUT2D eigenvalue weighted by molar-refractivity contribution is 5.43. The van der Waals surface area contributed by atoms with E-state index in [9.17, 15) is 0 Å². The lowest BCUT2D eigenvalue weighted by molar-refractivity contribution is 0.297. The highest BCUT2D eigenvalue weighted by atomic mass is 16.5. The van der Waals surface area contributed by atoms with E-state index in [1.54, 1.807) is 14.2 Å². The zero-order valence-electron chi connectivity index (χ0n) is 17.2. The molecule has 0 fully saturated rings. The van der Waals surface area contributed by atoms with Crippen molar-refractivity contribution in [2.24, 2.45) is 0 Å². The number of methoxy groups -OCH3 is 2. The van der Waals surface area contributed by atoms with Crippen LogP contribution in [0.3, 0.4) is 0 Å². The van der Waals surface area contributed by atoms with Crippen molar-refractivity contribution in [3.8, 4) is 17.2 Å². The Morgan fingerprint density at radius 1 is 0.690 bits per heavy atom. The summed E-state index contributed by atoms with van der Waals surface area (Å²) >= 11 is 0. The summed E-state index contributed by atoms with van der Waals surface area (Å²) < 4.78 is 16.6. The molecule has 4 heteroatoms. The van der Waals surface area contributed by atoms with Gasteiger partial charge >= 0.3 is 0 Å². The Morgan fingerprint density at radius 2 is 1.41 bits per heavy atom. The van der Waals surface area contributed by atoms with Gasteiger partial charge < -0.3 is 19.5 Å². The van der Waals surface area contributed by atoms with Crippen molar-refractivity contribution in [2.75, 3.05) is 27.4 Å². The van der Waals surface area contributed by atoms with E-state index in [4.69, 9.17) is 14.2 Å². The number of hydrogen-bond donors (Lipinski definition) is 1. The first-order valence-corrected chi connectivity index (χ1v) is 9.96. The molecule has 0 heterocycles. The van der Waals surface area contributed by atoms with Gasteiger partial charge in [-0.2, -0.15) is 0 Å². The Bertz CT molecular complexity index is 863. The van der Waals surface area contributed by atoms with E-state index in [0.717, 1.165) is 43.2 Å². The van der Waals surface area contributed by atoms with Gasteiger partial charge in [0.2, 0.25) is 0 Å². The van der Waals surface area contributed by atoms with Crippen molar-refractivity contribution >= 4 is 0 Å². The molecule has 0 aliphatic heterocycles. The first kappa shape index (κ1) is 20.7. The van der Waals surface area contributed by atoms with Crippen LogP contribution in [0.5, 0.6) is 17.2 Å². The molecule has 0 saturated carbocycles.